The molecular weight excluding hydrogens is 262 g/mol. The minimum Gasteiger partial charge on any atom is -0.316 e. The summed E-state index contributed by atoms with van der Waals surface area (Å²) in [4.78, 5) is 1.40. The van der Waals surface area contributed by atoms with E-state index in [-0.39, 0.29) is 0 Å². The Morgan fingerprint density at radius 1 is 1.10 bits per heavy atom. The normalized spacial score (nSPS) is 12.8. The number of rotatable bonds is 7. The summed E-state index contributed by atoms with van der Waals surface area (Å²) in [6.45, 7) is 8.84. The van der Waals surface area contributed by atoms with Gasteiger partial charge in [-0.1, -0.05) is 44.2 Å². The number of aryl methyl sites for hydroxylation is 1. The van der Waals surface area contributed by atoms with Gasteiger partial charge in [0.05, 0.1) is 0 Å². The van der Waals surface area contributed by atoms with Crippen LogP contribution >= 0.6 is 11.3 Å². The van der Waals surface area contributed by atoms with E-state index in [0.717, 1.165) is 19.5 Å². The number of thiophene rings is 1. The molecular formula is C18H25NS. The third kappa shape index (κ3) is 4.77. The summed E-state index contributed by atoms with van der Waals surface area (Å²) >= 11 is 1.85. The van der Waals surface area contributed by atoms with Crippen molar-refractivity contribution in [2.24, 2.45) is 5.92 Å². The molecule has 1 aromatic heterocycles. The van der Waals surface area contributed by atoms with Gasteiger partial charge in [0.1, 0.15) is 0 Å². The van der Waals surface area contributed by atoms with Crippen LogP contribution in [0.25, 0.3) is 0 Å². The molecule has 0 aliphatic heterocycles. The van der Waals surface area contributed by atoms with Gasteiger partial charge in [-0.15, -0.1) is 11.3 Å². The van der Waals surface area contributed by atoms with Crippen molar-refractivity contribution in [3.8, 4) is 0 Å². The van der Waals surface area contributed by atoms with Crippen molar-refractivity contribution in [1.29, 1.82) is 0 Å². The van der Waals surface area contributed by atoms with Crippen LogP contribution in [0.15, 0.2) is 41.8 Å². The van der Waals surface area contributed by atoms with E-state index in [0.29, 0.717) is 11.8 Å². The van der Waals surface area contributed by atoms with Crippen LogP contribution in [0.1, 0.15) is 35.8 Å². The van der Waals surface area contributed by atoms with Crippen LogP contribution in [-0.2, 0) is 6.42 Å². The molecule has 20 heavy (non-hydrogen) atoms. The van der Waals surface area contributed by atoms with Crippen molar-refractivity contribution in [2.75, 3.05) is 13.1 Å². The number of hydrogen-bond acceptors (Lipinski definition) is 2. The molecule has 1 unspecified atom stereocenters. The first-order valence-electron chi connectivity index (χ1n) is 7.45. The lowest BCUT2D eigenvalue weighted by atomic mass is 9.92. The molecule has 0 amide bonds. The van der Waals surface area contributed by atoms with Crippen LogP contribution < -0.4 is 5.32 Å². The minimum atomic E-state index is 0.559. The first kappa shape index (κ1) is 15.3. The molecule has 0 spiro atoms. The van der Waals surface area contributed by atoms with E-state index in [1.54, 1.807) is 0 Å². The lowest BCUT2D eigenvalue weighted by molar-refractivity contribution is 0.514. The average molecular weight is 287 g/mol. The van der Waals surface area contributed by atoms with Crippen molar-refractivity contribution in [2.45, 2.75) is 33.1 Å². The summed E-state index contributed by atoms with van der Waals surface area (Å²) in [5, 5.41) is 5.91. The fraction of sp³-hybridized carbons (Fsp3) is 0.444. The third-order valence-corrected chi connectivity index (χ3v) is 4.39. The van der Waals surface area contributed by atoms with Gasteiger partial charge in [-0.25, -0.2) is 0 Å². The largest absolute Gasteiger partial charge is 0.316 e. The van der Waals surface area contributed by atoms with E-state index in [4.69, 9.17) is 0 Å². The molecule has 0 fully saturated rings. The summed E-state index contributed by atoms with van der Waals surface area (Å²) in [6, 6.07) is 13.2. The molecule has 1 N–H and O–H groups in total. The van der Waals surface area contributed by atoms with Gasteiger partial charge in [-0.2, -0.15) is 0 Å². The zero-order valence-corrected chi connectivity index (χ0v) is 13.5. The zero-order chi connectivity index (χ0) is 14.4. The Bertz CT molecular complexity index is 501. The maximum atomic E-state index is 3.61. The molecule has 1 atom stereocenters. The summed E-state index contributed by atoms with van der Waals surface area (Å²) in [6.07, 6.45) is 1.12. The van der Waals surface area contributed by atoms with Crippen molar-refractivity contribution in [3.05, 3.63) is 57.8 Å². The second kappa shape index (κ2) is 7.61. The van der Waals surface area contributed by atoms with Gasteiger partial charge in [-0.05, 0) is 48.4 Å². The molecule has 0 saturated carbocycles. The lowest BCUT2D eigenvalue weighted by Gasteiger charge is -2.18. The molecule has 2 heteroatoms. The highest BCUT2D eigenvalue weighted by Crippen LogP contribution is 2.23. The van der Waals surface area contributed by atoms with Crippen LogP contribution in [0.5, 0.6) is 0 Å². The Labute approximate surface area is 127 Å². The van der Waals surface area contributed by atoms with E-state index in [1.165, 1.54) is 16.0 Å². The Morgan fingerprint density at radius 2 is 1.85 bits per heavy atom. The third-order valence-electron chi connectivity index (χ3n) is 3.48. The predicted octanol–water partition coefficient (Wildman–Crippen LogP) is 4.63. The Hall–Kier alpha value is -1.12. The van der Waals surface area contributed by atoms with E-state index in [2.05, 4.69) is 67.9 Å². The smallest absolute Gasteiger partial charge is 0.00234 e. The van der Waals surface area contributed by atoms with Crippen molar-refractivity contribution < 1.29 is 0 Å². The van der Waals surface area contributed by atoms with Gasteiger partial charge >= 0.3 is 0 Å². The van der Waals surface area contributed by atoms with Crippen molar-refractivity contribution >= 4 is 11.3 Å². The summed E-state index contributed by atoms with van der Waals surface area (Å²) in [7, 11) is 0. The van der Waals surface area contributed by atoms with Gasteiger partial charge in [0.25, 0.3) is 0 Å². The fourth-order valence-corrected chi connectivity index (χ4v) is 3.19. The van der Waals surface area contributed by atoms with E-state index < -0.39 is 0 Å². The van der Waals surface area contributed by atoms with E-state index >= 15 is 0 Å². The topological polar surface area (TPSA) is 12.0 Å². The fourth-order valence-electron chi connectivity index (χ4n) is 2.47. The predicted molar refractivity (Wildman–Crippen MR) is 89.7 cm³/mol. The highest BCUT2D eigenvalue weighted by molar-refractivity contribution is 7.10. The molecule has 0 bridgehead atoms. The van der Waals surface area contributed by atoms with Crippen molar-refractivity contribution in [1.82, 2.24) is 5.32 Å². The molecule has 0 aliphatic carbocycles. The second-order valence-electron chi connectivity index (χ2n) is 5.93. The first-order valence-corrected chi connectivity index (χ1v) is 8.32. The minimum absolute atomic E-state index is 0.559. The molecule has 0 saturated heterocycles. The highest BCUT2D eigenvalue weighted by Gasteiger charge is 2.13. The lowest BCUT2D eigenvalue weighted by Crippen LogP contribution is -2.26. The second-order valence-corrected chi connectivity index (χ2v) is 7.04. The zero-order valence-electron chi connectivity index (χ0n) is 12.7. The van der Waals surface area contributed by atoms with Crippen molar-refractivity contribution in [3.63, 3.8) is 0 Å². The van der Waals surface area contributed by atoms with Gasteiger partial charge in [0, 0.05) is 17.3 Å². The number of nitrogens with one attached hydrogen (secondary N) is 1. The molecule has 2 aromatic rings. The van der Waals surface area contributed by atoms with E-state index in [1.807, 2.05) is 11.3 Å². The standard InChI is InChI=1S/C18H25NS/c1-14(2)11-19-12-18(17-7-5-4-6-8-17)10-16-9-15(3)20-13-16/h4-9,13-14,18-19H,10-12H2,1-3H3. The maximum Gasteiger partial charge on any atom is 0.00234 e. The summed E-state index contributed by atoms with van der Waals surface area (Å²) in [5.41, 5.74) is 2.90. The molecule has 0 aliphatic rings. The van der Waals surface area contributed by atoms with Crippen LogP contribution in [0.2, 0.25) is 0 Å². The average Bonchev–Trinajstić information content (AvgIpc) is 2.84. The highest BCUT2D eigenvalue weighted by atomic mass is 32.1. The summed E-state index contributed by atoms with van der Waals surface area (Å²) < 4.78 is 0. The Kier molecular flexibility index (Phi) is 5.81. The first-order chi connectivity index (χ1) is 9.65. The van der Waals surface area contributed by atoms with Crippen LogP contribution in [0, 0.1) is 12.8 Å². The van der Waals surface area contributed by atoms with Gasteiger partial charge < -0.3 is 5.32 Å². The van der Waals surface area contributed by atoms with Crippen LogP contribution in [-0.4, -0.2) is 13.1 Å². The number of hydrogen-bond donors (Lipinski definition) is 1. The molecule has 1 aromatic carbocycles. The monoisotopic (exact) mass is 287 g/mol. The molecule has 0 radical (unpaired) electrons. The molecule has 108 valence electrons. The van der Waals surface area contributed by atoms with Gasteiger partial charge in [-0.3, -0.25) is 0 Å². The van der Waals surface area contributed by atoms with E-state index in [9.17, 15) is 0 Å². The molecule has 2 rings (SSSR count). The molecule has 1 nitrogen and oxygen atoms in total. The van der Waals surface area contributed by atoms with Crippen LogP contribution in [0.4, 0.5) is 0 Å². The Morgan fingerprint density at radius 3 is 2.45 bits per heavy atom. The quantitative estimate of drug-likeness (QED) is 0.783. The maximum absolute atomic E-state index is 3.61. The Balaban J connectivity index is 2.03. The SMILES string of the molecule is Cc1cc(CC(CNCC(C)C)c2ccccc2)cs1. The number of benzene rings is 1. The van der Waals surface area contributed by atoms with Gasteiger partial charge in [0.15, 0.2) is 0 Å². The van der Waals surface area contributed by atoms with Gasteiger partial charge in [0.2, 0.25) is 0 Å². The van der Waals surface area contributed by atoms with Crippen LogP contribution in [0.3, 0.4) is 0 Å². The molecule has 1 heterocycles. The summed E-state index contributed by atoms with van der Waals surface area (Å²) in [5.74, 6) is 1.26.